The van der Waals surface area contributed by atoms with Crippen LogP contribution in [0.5, 0.6) is 5.75 Å². The van der Waals surface area contributed by atoms with Crippen LogP contribution in [0, 0.1) is 5.82 Å². The Morgan fingerprint density at radius 1 is 1.06 bits per heavy atom. The van der Waals surface area contributed by atoms with Gasteiger partial charge in [-0.3, -0.25) is 14.5 Å². The Bertz CT molecular complexity index is 1050. The topological polar surface area (TPSA) is 61.9 Å². The van der Waals surface area contributed by atoms with Gasteiger partial charge in [-0.05, 0) is 80.5 Å². The number of nitrogens with one attached hydrogen (secondary N) is 1. The number of carbonyl (C=O) groups is 2. The zero-order valence-corrected chi connectivity index (χ0v) is 18.8. The van der Waals surface area contributed by atoms with Crippen LogP contribution >= 0.6 is 0 Å². The van der Waals surface area contributed by atoms with Crippen molar-refractivity contribution in [3.8, 4) is 5.75 Å². The molecule has 0 bridgehead atoms. The summed E-state index contributed by atoms with van der Waals surface area (Å²) in [6, 6.07) is 10.3. The summed E-state index contributed by atoms with van der Waals surface area (Å²) in [5, 5.41) is 3.03. The smallest absolute Gasteiger partial charge is 0.265 e. The van der Waals surface area contributed by atoms with Gasteiger partial charge in [0.1, 0.15) is 11.6 Å². The van der Waals surface area contributed by atoms with Crippen LogP contribution in [0.15, 0.2) is 36.4 Å². The van der Waals surface area contributed by atoms with E-state index in [2.05, 4.69) is 22.3 Å². The molecule has 0 radical (unpaired) electrons. The predicted molar refractivity (Wildman–Crippen MR) is 124 cm³/mol. The number of rotatable bonds is 5. The van der Waals surface area contributed by atoms with Gasteiger partial charge >= 0.3 is 0 Å². The lowest BCUT2D eigenvalue weighted by Crippen LogP contribution is -2.49. The summed E-state index contributed by atoms with van der Waals surface area (Å²) in [5.41, 5.74) is 3.60. The second kappa shape index (κ2) is 9.51. The van der Waals surface area contributed by atoms with E-state index in [4.69, 9.17) is 4.74 Å². The van der Waals surface area contributed by atoms with Crippen LogP contribution < -0.4 is 10.1 Å². The summed E-state index contributed by atoms with van der Waals surface area (Å²) in [6.07, 6.45) is 5.58. The van der Waals surface area contributed by atoms with Gasteiger partial charge in [0.15, 0.2) is 6.10 Å². The largest absolute Gasteiger partial charge is 0.478 e. The number of halogens is 1. The van der Waals surface area contributed by atoms with Gasteiger partial charge in [0.05, 0.1) is 11.3 Å². The molecule has 3 aliphatic rings. The first-order valence-corrected chi connectivity index (χ1v) is 12.0. The van der Waals surface area contributed by atoms with E-state index in [1.807, 2.05) is 0 Å². The lowest BCUT2D eigenvalue weighted by molar-refractivity contribution is -0.123. The standard InChI is InChI=1S/C26H30FN3O3/c27-21-9-4-3-8-20(21)26(32)30-14-12-29(13-15-30)11-5-10-23-25(31)28-22-16-18-6-1-2-7-19(18)17-24(22)33-23/h3-4,8-9,16-17,23H,1-2,5-7,10-15H2,(H,28,31). The highest BCUT2D eigenvalue weighted by Crippen LogP contribution is 2.36. The minimum Gasteiger partial charge on any atom is -0.478 e. The van der Waals surface area contributed by atoms with Crippen molar-refractivity contribution < 1.29 is 18.7 Å². The second-order valence-corrected chi connectivity index (χ2v) is 9.18. The quantitative estimate of drug-likeness (QED) is 0.754. The van der Waals surface area contributed by atoms with Crippen molar-refractivity contribution in [3.63, 3.8) is 0 Å². The SMILES string of the molecule is O=C1Nc2cc3c(cc2OC1CCCN1CCN(C(=O)c2ccccc2F)CC1)CCCC3. The molecule has 6 nitrogen and oxygen atoms in total. The van der Waals surface area contributed by atoms with Crippen molar-refractivity contribution >= 4 is 17.5 Å². The summed E-state index contributed by atoms with van der Waals surface area (Å²) in [6.45, 7) is 3.48. The molecule has 5 rings (SSSR count). The van der Waals surface area contributed by atoms with Crippen molar-refractivity contribution in [3.05, 3.63) is 58.9 Å². The molecule has 1 saturated heterocycles. The fourth-order valence-corrected chi connectivity index (χ4v) is 5.05. The normalized spacial score (nSPS) is 20.5. The van der Waals surface area contributed by atoms with Crippen LogP contribution in [0.2, 0.25) is 0 Å². The van der Waals surface area contributed by atoms with Crippen LogP contribution in [0.1, 0.15) is 47.2 Å². The molecule has 1 aliphatic carbocycles. The highest BCUT2D eigenvalue weighted by molar-refractivity contribution is 5.98. The number of fused-ring (bicyclic) bond motifs is 2. The van der Waals surface area contributed by atoms with Crippen LogP contribution in [0.4, 0.5) is 10.1 Å². The molecular weight excluding hydrogens is 421 g/mol. The Morgan fingerprint density at radius 3 is 2.55 bits per heavy atom. The Labute approximate surface area is 193 Å². The highest BCUT2D eigenvalue weighted by atomic mass is 19.1. The number of carbonyl (C=O) groups excluding carboxylic acids is 2. The summed E-state index contributed by atoms with van der Waals surface area (Å²) in [7, 11) is 0. The number of amides is 2. The molecule has 0 saturated carbocycles. The molecule has 33 heavy (non-hydrogen) atoms. The Hall–Kier alpha value is -2.93. The van der Waals surface area contributed by atoms with Gasteiger partial charge in [0.2, 0.25) is 0 Å². The lowest BCUT2D eigenvalue weighted by atomic mass is 9.90. The van der Waals surface area contributed by atoms with Gasteiger partial charge in [0.25, 0.3) is 11.8 Å². The molecule has 2 amide bonds. The number of hydrogen-bond acceptors (Lipinski definition) is 4. The molecule has 2 aliphatic heterocycles. The Morgan fingerprint density at radius 2 is 1.79 bits per heavy atom. The number of aryl methyl sites for hydroxylation is 2. The molecule has 1 N–H and O–H groups in total. The predicted octanol–water partition coefficient (Wildman–Crippen LogP) is 3.64. The van der Waals surface area contributed by atoms with Crippen LogP contribution in [-0.2, 0) is 17.6 Å². The van der Waals surface area contributed by atoms with E-state index in [1.54, 1.807) is 17.0 Å². The first-order chi connectivity index (χ1) is 16.1. The summed E-state index contributed by atoms with van der Waals surface area (Å²) in [5.74, 6) is -0.00210. The Balaban J connectivity index is 1.10. The molecule has 2 aromatic rings. The van der Waals surface area contributed by atoms with Gasteiger partial charge in [-0.25, -0.2) is 4.39 Å². The fourth-order valence-electron chi connectivity index (χ4n) is 5.05. The molecule has 1 atom stereocenters. The Kier molecular flexibility index (Phi) is 6.31. The van der Waals surface area contributed by atoms with Crippen molar-refractivity contribution in [1.82, 2.24) is 9.80 Å². The number of benzene rings is 2. The maximum atomic E-state index is 13.9. The first-order valence-electron chi connectivity index (χ1n) is 12.0. The van der Waals surface area contributed by atoms with Crippen LogP contribution in [-0.4, -0.2) is 60.4 Å². The zero-order valence-electron chi connectivity index (χ0n) is 18.8. The molecule has 7 heteroatoms. The fraction of sp³-hybridized carbons (Fsp3) is 0.462. The number of ether oxygens (including phenoxy) is 1. The summed E-state index contributed by atoms with van der Waals surface area (Å²) in [4.78, 5) is 29.1. The molecule has 2 aromatic carbocycles. The molecule has 174 valence electrons. The highest BCUT2D eigenvalue weighted by Gasteiger charge is 2.29. The molecule has 2 heterocycles. The molecule has 1 fully saturated rings. The van der Waals surface area contributed by atoms with E-state index >= 15 is 0 Å². The van der Waals surface area contributed by atoms with E-state index < -0.39 is 11.9 Å². The van der Waals surface area contributed by atoms with Crippen molar-refractivity contribution in [2.24, 2.45) is 0 Å². The van der Waals surface area contributed by atoms with Gasteiger partial charge in [-0.1, -0.05) is 12.1 Å². The van der Waals surface area contributed by atoms with Crippen molar-refractivity contribution in [2.75, 3.05) is 38.0 Å². The lowest BCUT2D eigenvalue weighted by Gasteiger charge is -2.35. The van der Waals surface area contributed by atoms with Gasteiger partial charge < -0.3 is 15.0 Å². The molecular formula is C26H30FN3O3. The maximum absolute atomic E-state index is 13.9. The van der Waals surface area contributed by atoms with Crippen molar-refractivity contribution in [2.45, 2.75) is 44.6 Å². The van der Waals surface area contributed by atoms with Gasteiger partial charge in [-0.2, -0.15) is 0 Å². The number of hydrogen-bond donors (Lipinski definition) is 1. The number of piperazine rings is 1. The maximum Gasteiger partial charge on any atom is 0.265 e. The van der Waals surface area contributed by atoms with E-state index in [0.717, 1.165) is 50.3 Å². The second-order valence-electron chi connectivity index (χ2n) is 9.18. The van der Waals surface area contributed by atoms with Crippen LogP contribution in [0.25, 0.3) is 0 Å². The van der Waals surface area contributed by atoms with E-state index in [9.17, 15) is 14.0 Å². The molecule has 0 aromatic heterocycles. The van der Waals surface area contributed by atoms with Crippen LogP contribution in [0.3, 0.4) is 0 Å². The number of anilines is 1. The third-order valence-corrected chi connectivity index (χ3v) is 6.97. The van der Waals surface area contributed by atoms with Crippen molar-refractivity contribution in [1.29, 1.82) is 0 Å². The van der Waals surface area contributed by atoms with Gasteiger partial charge in [0, 0.05) is 26.2 Å². The third kappa shape index (κ3) is 4.74. The monoisotopic (exact) mass is 451 g/mol. The van der Waals surface area contributed by atoms with E-state index in [0.29, 0.717) is 19.5 Å². The minimum absolute atomic E-state index is 0.0708. The first kappa shape index (κ1) is 21.9. The zero-order chi connectivity index (χ0) is 22.8. The minimum atomic E-state index is -0.474. The molecule has 0 spiro atoms. The van der Waals surface area contributed by atoms with E-state index in [-0.39, 0.29) is 17.4 Å². The van der Waals surface area contributed by atoms with E-state index in [1.165, 1.54) is 36.1 Å². The average Bonchev–Trinajstić information content (AvgIpc) is 2.83. The summed E-state index contributed by atoms with van der Waals surface area (Å²) >= 11 is 0. The average molecular weight is 452 g/mol. The number of nitrogens with zero attached hydrogens (tertiary/aromatic N) is 2. The molecule has 1 unspecified atom stereocenters. The van der Waals surface area contributed by atoms with Gasteiger partial charge in [-0.15, -0.1) is 0 Å². The summed E-state index contributed by atoms with van der Waals surface area (Å²) < 4.78 is 20.0. The third-order valence-electron chi connectivity index (χ3n) is 6.97.